The summed E-state index contributed by atoms with van der Waals surface area (Å²) < 4.78 is 2.08. The predicted molar refractivity (Wildman–Crippen MR) is 79.5 cm³/mol. The molecule has 5 heteroatoms. The van der Waals surface area contributed by atoms with Gasteiger partial charge in [-0.25, -0.2) is 0 Å². The van der Waals surface area contributed by atoms with Crippen LogP contribution in [-0.2, 0) is 6.54 Å². The lowest BCUT2D eigenvalue weighted by molar-refractivity contribution is 0.357. The van der Waals surface area contributed by atoms with Crippen LogP contribution in [0.2, 0.25) is 5.02 Å². The maximum Gasteiger partial charge on any atom is 0.0834 e. The second-order valence-electron chi connectivity index (χ2n) is 5.67. The Hall–Kier alpha value is -0.580. The van der Waals surface area contributed by atoms with Gasteiger partial charge in [-0.3, -0.25) is 4.68 Å². The summed E-state index contributed by atoms with van der Waals surface area (Å²) in [5, 5.41) is 8.89. The molecule has 108 valence electrons. The van der Waals surface area contributed by atoms with E-state index in [4.69, 9.17) is 11.6 Å². The maximum atomic E-state index is 6.37. The van der Waals surface area contributed by atoms with Gasteiger partial charge in [0.2, 0.25) is 0 Å². The van der Waals surface area contributed by atoms with Crippen molar-refractivity contribution in [3.8, 4) is 0 Å². The van der Waals surface area contributed by atoms with E-state index in [9.17, 15) is 0 Å². The number of aromatic nitrogens is 2. The second kappa shape index (κ2) is 6.73. The Morgan fingerprint density at radius 2 is 2.26 bits per heavy atom. The largest absolute Gasteiger partial charge is 0.308 e. The highest BCUT2D eigenvalue weighted by Gasteiger charge is 2.35. The van der Waals surface area contributed by atoms with Crippen LogP contribution in [0.25, 0.3) is 0 Å². The smallest absolute Gasteiger partial charge is 0.0834 e. The van der Waals surface area contributed by atoms with Crippen LogP contribution in [0.5, 0.6) is 0 Å². The van der Waals surface area contributed by atoms with Crippen molar-refractivity contribution in [3.63, 3.8) is 0 Å². The Bertz CT molecular complexity index is 398. The van der Waals surface area contributed by atoms with Gasteiger partial charge in [0, 0.05) is 6.54 Å². The summed E-state index contributed by atoms with van der Waals surface area (Å²) in [6.45, 7) is 5.11. The molecule has 0 saturated heterocycles. The predicted octanol–water partition coefficient (Wildman–Crippen LogP) is 2.55. The summed E-state index contributed by atoms with van der Waals surface area (Å²) in [5.41, 5.74) is 1.18. The fourth-order valence-electron chi connectivity index (χ4n) is 2.37. The molecule has 1 aliphatic rings. The molecule has 0 spiro atoms. The third-order valence-electron chi connectivity index (χ3n) is 3.59. The van der Waals surface area contributed by atoms with Crippen LogP contribution in [0.3, 0.4) is 0 Å². The fraction of sp³-hybridized carbons (Fsp3) is 0.786. The first-order valence-corrected chi connectivity index (χ1v) is 7.60. The van der Waals surface area contributed by atoms with Gasteiger partial charge in [0.1, 0.15) is 0 Å². The third-order valence-corrected chi connectivity index (χ3v) is 3.89. The molecule has 1 N–H and O–H groups in total. The van der Waals surface area contributed by atoms with Crippen molar-refractivity contribution >= 4 is 11.6 Å². The second-order valence-corrected chi connectivity index (χ2v) is 6.08. The first kappa shape index (κ1) is 14.8. The van der Waals surface area contributed by atoms with E-state index < -0.39 is 0 Å². The molecule has 0 radical (unpaired) electrons. The van der Waals surface area contributed by atoms with Gasteiger partial charge in [0.05, 0.1) is 29.5 Å². The third kappa shape index (κ3) is 3.94. The number of nitrogens with one attached hydrogen (secondary N) is 1. The summed E-state index contributed by atoms with van der Waals surface area (Å²) in [7, 11) is 4.16. The van der Waals surface area contributed by atoms with Crippen LogP contribution < -0.4 is 5.32 Å². The Kier molecular flexibility index (Phi) is 5.25. The van der Waals surface area contributed by atoms with Crippen molar-refractivity contribution in [2.75, 3.05) is 27.2 Å². The van der Waals surface area contributed by atoms with Gasteiger partial charge < -0.3 is 10.2 Å². The zero-order valence-electron chi connectivity index (χ0n) is 12.2. The minimum Gasteiger partial charge on any atom is -0.308 e. The van der Waals surface area contributed by atoms with Gasteiger partial charge in [0.25, 0.3) is 0 Å². The summed E-state index contributed by atoms with van der Waals surface area (Å²) in [6, 6.07) is 0.372. The van der Waals surface area contributed by atoms with Crippen molar-refractivity contribution in [3.05, 3.63) is 16.9 Å². The standard InChI is InChI=1S/C14H25ClN4/c1-4-7-16-13(11-5-6-11)14-12(15)10-17-19(14)9-8-18(2)3/h10-11,13,16H,4-9H2,1-3H3. The van der Waals surface area contributed by atoms with E-state index in [0.29, 0.717) is 6.04 Å². The number of halogens is 1. The van der Waals surface area contributed by atoms with E-state index in [-0.39, 0.29) is 0 Å². The summed E-state index contributed by atoms with van der Waals surface area (Å²) in [4.78, 5) is 2.17. The van der Waals surface area contributed by atoms with Crippen molar-refractivity contribution in [2.45, 2.75) is 38.8 Å². The molecule has 1 fully saturated rings. The molecule has 0 bridgehead atoms. The highest BCUT2D eigenvalue weighted by molar-refractivity contribution is 6.31. The SMILES string of the molecule is CCCNC(c1c(Cl)cnn1CCN(C)C)C1CC1. The number of rotatable bonds is 8. The number of hydrogen-bond donors (Lipinski definition) is 1. The van der Waals surface area contributed by atoms with E-state index in [1.54, 1.807) is 6.20 Å². The molecule has 1 aliphatic carbocycles. The van der Waals surface area contributed by atoms with Gasteiger partial charge in [-0.15, -0.1) is 0 Å². The Labute approximate surface area is 121 Å². The number of nitrogens with zero attached hydrogens (tertiary/aromatic N) is 3. The average Bonchev–Trinajstić information content (AvgIpc) is 3.14. The van der Waals surface area contributed by atoms with E-state index >= 15 is 0 Å². The number of likely N-dealkylation sites (N-methyl/N-ethyl adjacent to an activating group) is 1. The Balaban J connectivity index is 2.12. The van der Waals surface area contributed by atoms with Gasteiger partial charge >= 0.3 is 0 Å². The van der Waals surface area contributed by atoms with Crippen LogP contribution in [0, 0.1) is 5.92 Å². The van der Waals surface area contributed by atoms with Gasteiger partial charge in [-0.05, 0) is 45.8 Å². The molecule has 0 aliphatic heterocycles. The monoisotopic (exact) mass is 284 g/mol. The molecule has 1 atom stereocenters. The van der Waals surface area contributed by atoms with E-state index in [0.717, 1.165) is 37.0 Å². The van der Waals surface area contributed by atoms with Crippen LogP contribution in [-0.4, -0.2) is 41.9 Å². The highest BCUT2D eigenvalue weighted by atomic mass is 35.5. The van der Waals surface area contributed by atoms with Crippen LogP contribution in [0.1, 0.15) is 37.9 Å². The van der Waals surface area contributed by atoms with Crippen molar-refractivity contribution in [1.29, 1.82) is 0 Å². The number of hydrogen-bond acceptors (Lipinski definition) is 3. The summed E-state index contributed by atoms with van der Waals surface area (Å²) in [6.07, 6.45) is 5.54. The molecule has 0 aromatic carbocycles. The van der Waals surface area contributed by atoms with Crippen molar-refractivity contribution in [1.82, 2.24) is 20.0 Å². The molecule has 1 unspecified atom stereocenters. The van der Waals surface area contributed by atoms with Crippen molar-refractivity contribution in [2.24, 2.45) is 5.92 Å². The highest BCUT2D eigenvalue weighted by Crippen LogP contribution is 2.42. The van der Waals surface area contributed by atoms with Gasteiger partial charge in [0.15, 0.2) is 0 Å². The zero-order valence-corrected chi connectivity index (χ0v) is 13.0. The lowest BCUT2D eigenvalue weighted by Gasteiger charge is -2.21. The Morgan fingerprint density at radius 1 is 1.53 bits per heavy atom. The van der Waals surface area contributed by atoms with E-state index in [2.05, 4.69) is 41.0 Å². The lowest BCUT2D eigenvalue weighted by atomic mass is 10.1. The normalized spacial score (nSPS) is 17.1. The zero-order chi connectivity index (χ0) is 13.8. The average molecular weight is 285 g/mol. The Morgan fingerprint density at radius 3 is 2.84 bits per heavy atom. The molecule has 1 heterocycles. The molecule has 0 amide bonds. The first-order chi connectivity index (χ1) is 9.13. The quantitative estimate of drug-likeness (QED) is 0.796. The minimum atomic E-state index is 0.372. The molecular weight excluding hydrogens is 260 g/mol. The molecule has 2 rings (SSSR count). The topological polar surface area (TPSA) is 33.1 Å². The first-order valence-electron chi connectivity index (χ1n) is 7.22. The van der Waals surface area contributed by atoms with E-state index in [1.807, 2.05) is 0 Å². The van der Waals surface area contributed by atoms with Gasteiger partial charge in [-0.1, -0.05) is 18.5 Å². The minimum absolute atomic E-state index is 0.372. The van der Waals surface area contributed by atoms with Crippen LogP contribution >= 0.6 is 11.6 Å². The molecular formula is C14H25ClN4. The van der Waals surface area contributed by atoms with Crippen LogP contribution in [0.4, 0.5) is 0 Å². The summed E-state index contributed by atoms with van der Waals surface area (Å²) in [5.74, 6) is 0.735. The maximum absolute atomic E-state index is 6.37. The fourth-order valence-corrected chi connectivity index (χ4v) is 2.63. The van der Waals surface area contributed by atoms with Gasteiger partial charge in [-0.2, -0.15) is 5.10 Å². The van der Waals surface area contributed by atoms with Crippen molar-refractivity contribution < 1.29 is 0 Å². The summed E-state index contributed by atoms with van der Waals surface area (Å²) >= 11 is 6.37. The molecule has 19 heavy (non-hydrogen) atoms. The molecule has 1 aromatic rings. The molecule has 1 aromatic heterocycles. The van der Waals surface area contributed by atoms with E-state index in [1.165, 1.54) is 18.5 Å². The lowest BCUT2D eigenvalue weighted by Crippen LogP contribution is -2.28. The molecule has 4 nitrogen and oxygen atoms in total. The van der Waals surface area contributed by atoms with Crippen LogP contribution in [0.15, 0.2) is 6.20 Å². The molecule has 1 saturated carbocycles.